The van der Waals surface area contributed by atoms with Crippen LogP contribution in [-0.2, 0) is 6.42 Å². The van der Waals surface area contributed by atoms with Crippen molar-refractivity contribution in [3.05, 3.63) is 54.4 Å². The summed E-state index contributed by atoms with van der Waals surface area (Å²) in [5.41, 5.74) is 2.34. The zero-order valence-electron chi connectivity index (χ0n) is 20.1. The Morgan fingerprint density at radius 1 is 1.20 bits per heavy atom. The number of hydrogen-bond acceptors (Lipinski definition) is 2. The van der Waals surface area contributed by atoms with Gasteiger partial charge < -0.3 is 10.2 Å². The summed E-state index contributed by atoms with van der Waals surface area (Å²) < 4.78 is 14.3. The molecule has 1 aliphatic heterocycles. The fourth-order valence-corrected chi connectivity index (χ4v) is 3.83. The van der Waals surface area contributed by atoms with Crippen molar-refractivity contribution in [2.24, 2.45) is 11.8 Å². The molecule has 1 aromatic carbocycles. The molecule has 0 atom stereocenters. The predicted molar refractivity (Wildman–Crippen MR) is 131 cm³/mol. The van der Waals surface area contributed by atoms with E-state index in [2.05, 4.69) is 44.3 Å². The minimum atomic E-state index is -0.166. The zero-order chi connectivity index (χ0) is 22.5. The van der Waals surface area contributed by atoms with Gasteiger partial charge in [0.15, 0.2) is 0 Å². The van der Waals surface area contributed by atoms with Crippen molar-refractivity contribution in [3.8, 4) is 0 Å². The van der Waals surface area contributed by atoms with E-state index in [0.29, 0.717) is 11.3 Å². The second-order valence-electron chi connectivity index (χ2n) is 9.50. The molecule has 0 spiro atoms. The minimum Gasteiger partial charge on any atom is -0.383 e. The van der Waals surface area contributed by atoms with E-state index in [1.165, 1.54) is 38.8 Å². The van der Waals surface area contributed by atoms with Gasteiger partial charge in [0, 0.05) is 17.3 Å². The van der Waals surface area contributed by atoms with Gasteiger partial charge in [-0.3, -0.25) is 0 Å². The number of hydrogen-bond donors (Lipinski definition) is 1. The third-order valence-corrected chi connectivity index (χ3v) is 5.63. The van der Waals surface area contributed by atoms with E-state index in [-0.39, 0.29) is 11.9 Å². The van der Waals surface area contributed by atoms with E-state index in [0.717, 1.165) is 36.7 Å². The Balaban J connectivity index is 0.000000656. The Kier molecular flexibility index (Phi) is 12.7. The number of nitrogens with zero attached hydrogens (tertiary/aromatic N) is 1. The number of unbranched alkanes of at least 4 members (excludes halogenated alkanes) is 1. The highest BCUT2D eigenvalue weighted by molar-refractivity contribution is 5.62. The van der Waals surface area contributed by atoms with Crippen LogP contribution in [0.15, 0.2) is 37.4 Å². The summed E-state index contributed by atoms with van der Waals surface area (Å²) in [6, 6.07) is 5.84. The topological polar surface area (TPSA) is 15.3 Å². The Morgan fingerprint density at radius 2 is 1.87 bits per heavy atom. The van der Waals surface area contributed by atoms with Crippen LogP contribution in [0.1, 0.15) is 77.3 Å². The van der Waals surface area contributed by atoms with Gasteiger partial charge in [-0.15, -0.1) is 6.58 Å². The maximum atomic E-state index is 14.3. The number of piperidine rings is 1. The molecule has 0 unspecified atom stereocenters. The van der Waals surface area contributed by atoms with Crippen LogP contribution in [0.25, 0.3) is 5.70 Å². The van der Waals surface area contributed by atoms with Gasteiger partial charge in [0.25, 0.3) is 0 Å². The quantitative estimate of drug-likeness (QED) is 0.324. The molecular formula is C27H45FN2. The third-order valence-electron chi connectivity index (χ3n) is 5.63. The second kappa shape index (κ2) is 14.4. The lowest BCUT2D eigenvalue weighted by molar-refractivity contribution is 0.210. The molecule has 0 amide bonds. The first-order chi connectivity index (χ1) is 14.2. The molecule has 3 heteroatoms. The van der Waals surface area contributed by atoms with Gasteiger partial charge in [-0.25, -0.2) is 4.39 Å². The van der Waals surface area contributed by atoms with Crippen LogP contribution in [0, 0.1) is 17.7 Å². The average molecular weight is 417 g/mol. The molecular weight excluding hydrogens is 371 g/mol. The first kappa shape index (κ1) is 26.4. The smallest absolute Gasteiger partial charge is 0.132 e. The Bertz CT molecular complexity index is 628. The molecule has 0 bridgehead atoms. The maximum Gasteiger partial charge on any atom is 0.132 e. The van der Waals surface area contributed by atoms with Gasteiger partial charge >= 0.3 is 0 Å². The summed E-state index contributed by atoms with van der Waals surface area (Å²) in [5, 5.41) is 3.17. The fourth-order valence-electron chi connectivity index (χ4n) is 3.83. The van der Waals surface area contributed by atoms with Crippen LogP contribution in [-0.4, -0.2) is 31.1 Å². The number of benzene rings is 1. The molecule has 170 valence electrons. The Hall–Kier alpha value is -1.61. The van der Waals surface area contributed by atoms with Gasteiger partial charge in [-0.05, 0) is 95.6 Å². The summed E-state index contributed by atoms with van der Waals surface area (Å²) >= 11 is 0. The van der Waals surface area contributed by atoms with Gasteiger partial charge in [0.1, 0.15) is 5.82 Å². The summed E-state index contributed by atoms with van der Waals surface area (Å²) in [7, 11) is 2.21. The van der Waals surface area contributed by atoms with Crippen LogP contribution in [0.2, 0.25) is 0 Å². The van der Waals surface area contributed by atoms with E-state index in [4.69, 9.17) is 0 Å². The van der Waals surface area contributed by atoms with Gasteiger partial charge in [0.2, 0.25) is 0 Å². The number of aryl methyl sites for hydroxylation is 1. The molecule has 1 aromatic rings. The van der Waals surface area contributed by atoms with E-state index in [1.807, 2.05) is 32.1 Å². The lowest BCUT2D eigenvalue weighted by Gasteiger charge is -2.28. The van der Waals surface area contributed by atoms with Crippen molar-refractivity contribution in [3.63, 3.8) is 0 Å². The van der Waals surface area contributed by atoms with E-state index in [1.54, 1.807) is 6.07 Å². The van der Waals surface area contributed by atoms with Crippen molar-refractivity contribution in [1.82, 2.24) is 10.2 Å². The van der Waals surface area contributed by atoms with E-state index in [9.17, 15) is 4.39 Å². The maximum absolute atomic E-state index is 14.3. The molecule has 1 aliphatic rings. The summed E-state index contributed by atoms with van der Waals surface area (Å²) in [5.74, 6) is 1.51. The Morgan fingerprint density at radius 3 is 2.37 bits per heavy atom. The molecule has 0 aromatic heterocycles. The molecule has 1 fully saturated rings. The van der Waals surface area contributed by atoms with E-state index < -0.39 is 0 Å². The number of nitrogens with one attached hydrogen (secondary N) is 1. The molecule has 1 saturated heterocycles. The fraction of sp³-hybridized carbons (Fsp3) is 0.630. The highest BCUT2D eigenvalue weighted by atomic mass is 19.1. The standard InChI is InChI=1S/C21H33FN2.C6H12/c1-16(2)23-17(3)20-10-9-19(15-21(20)22)8-6-5-7-18-11-13-24(4)14-12-18;1-4-5-6(2)3/h9-10,15-16,18,23H,3,5-8,11-14H2,1-2,4H3;4,6H,1,5H2,2-3H3. The van der Waals surface area contributed by atoms with Crippen LogP contribution >= 0.6 is 0 Å². The number of rotatable bonds is 10. The highest BCUT2D eigenvalue weighted by Crippen LogP contribution is 2.23. The number of halogens is 1. The second-order valence-corrected chi connectivity index (χ2v) is 9.50. The molecule has 2 nitrogen and oxygen atoms in total. The monoisotopic (exact) mass is 416 g/mol. The van der Waals surface area contributed by atoms with Crippen molar-refractivity contribution < 1.29 is 4.39 Å². The third kappa shape index (κ3) is 11.0. The molecule has 2 rings (SSSR count). The Labute approximate surface area is 185 Å². The number of likely N-dealkylation sites (tertiary alicyclic amines) is 1. The average Bonchev–Trinajstić information content (AvgIpc) is 2.66. The van der Waals surface area contributed by atoms with Crippen LogP contribution in [0.5, 0.6) is 0 Å². The molecule has 1 heterocycles. The first-order valence-corrected chi connectivity index (χ1v) is 11.8. The molecule has 0 radical (unpaired) electrons. The lowest BCUT2D eigenvalue weighted by atomic mass is 9.91. The zero-order valence-corrected chi connectivity index (χ0v) is 20.1. The van der Waals surface area contributed by atoms with Crippen LogP contribution in [0.3, 0.4) is 0 Å². The van der Waals surface area contributed by atoms with Crippen LogP contribution < -0.4 is 5.32 Å². The van der Waals surface area contributed by atoms with Crippen molar-refractivity contribution in [2.45, 2.75) is 78.7 Å². The van der Waals surface area contributed by atoms with E-state index >= 15 is 0 Å². The van der Waals surface area contributed by atoms with Crippen LogP contribution in [0.4, 0.5) is 4.39 Å². The highest BCUT2D eigenvalue weighted by Gasteiger charge is 2.16. The van der Waals surface area contributed by atoms with Crippen molar-refractivity contribution in [1.29, 1.82) is 0 Å². The minimum absolute atomic E-state index is 0.166. The first-order valence-electron chi connectivity index (χ1n) is 11.8. The molecule has 1 N–H and O–H groups in total. The SMILES string of the molecule is C=C(NC(C)C)c1ccc(CCCCC2CCN(C)CC2)cc1F.C=CCC(C)C. The van der Waals surface area contributed by atoms with Gasteiger partial charge in [-0.1, -0.05) is 45.4 Å². The molecule has 30 heavy (non-hydrogen) atoms. The lowest BCUT2D eigenvalue weighted by Crippen LogP contribution is -2.30. The summed E-state index contributed by atoms with van der Waals surface area (Å²) in [6.07, 6.45) is 10.5. The molecule has 0 aliphatic carbocycles. The van der Waals surface area contributed by atoms with Gasteiger partial charge in [0.05, 0.1) is 0 Å². The predicted octanol–water partition coefficient (Wildman–Crippen LogP) is 7.07. The normalized spacial score (nSPS) is 15.1. The largest absolute Gasteiger partial charge is 0.383 e. The number of allylic oxidation sites excluding steroid dienone is 1. The summed E-state index contributed by atoms with van der Waals surface area (Å²) in [6.45, 7) is 18.4. The van der Waals surface area contributed by atoms with Crippen molar-refractivity contribution in [2.75, 3.05) is 20.1 Å². The molecule has 0 saturated carbocycles. The summed E-state index contributed by atoms with van der Waals surface area (Å²) in [4.78, 5) is 2.42. The van der Waals surface area contributed by atoms with Gasteiger partial charge in [-0.2, -0.15) is 0 Å². The van der Waals surface area contributed by atoms with Crippen molar-refractivity contribution >= 4 is 5.70 Å².